The van der Waals surface area contributed by atoms with Gasteiger partial charge in [0.05, 0.1) is 11.2 Å². The summed E-state index contributed by atoms with van der Waals surface area (Å²) in [5.41, 5.74) is -0.659. The molecule has 0 unspecified atom stereocenters. The summed E-state index contributed by atoms with van der Waals surface area (Å²) in [5, 5.41) is 10.6. The van der Waals surface area contributed by atoms with Crippen molar-refractivity contribution in [1.29, 1.82) is 0 Å². The molecule has 11 heteroatoms. The Bertz CT molecular complexity index is 593. The van der Waals surface area contributed by atoms with Crippen LogP contribution in [0.3, 0.4) is 0 Å². The van der Waals surface area contributed by atoms with Gasteiger partial charge in [-0.2, -0.15) is 4.98 Å². The molecule has 1 rings (SSSR count). The van der Waals surface area contributed by atoms with Crippen LogP contribution in [0.1, 0.15) is 13.3 Å². The standard InChI is InChI=1S/C8H11ClN4O4S2/c1-3-4-18-8-10-6(9)5(13(14)15)7(11-8)12-19(2,16)17/h3-4H2,1-2H3,(H,10,11,12). The van der Waals surface area contributed by atoms with Gasteiger partial charge in [-0.15, -0.1) is 0 Å². The second-order valence-corrected chi connectivity index (χ2v) is 6.64. The summed E-state index contributed by atoms with van der Waals surface area (Å²) in [7, 11) is -3.70. The number of sulfonamides is 1. The van der Waals surface area contributed by atoms with Crippen molar-refractivity contribution in [2.24, 2.45) is 0 Å². The molecule has 0 saturated heterocycles. The number of hydrogen-bond donors (Lipinski definition) is 1. The van der Waals surface area contributed by atoms with Crippen molar-refractivity contribution < 1.29 is 13.3 Å². The van der Waals surface area contributed by atoms with Gasteiger partial charge in [0.2, 0.25) is 21.0 Å². The summed E-state index contributed by atoms with van der Waals surface area (Å²) in [6, 6.07) is 0. The van der Waals surface area contributed by atoms with Crippen molar-refractivity contribution in [2.75, 3.05) is 16.7 Å². The normalized spacial score (nSPS) is 11.3. The maximum absolute atomic E-state index is 11.2. The Kier molecular flexibility index (Phi) is 5.32. The van der Waals surface area contributed by atoms with Crippen LogP contribution in [0.4, 0.5) is 11.5 Å². The first-order chi connectivity index (χ1) is 8.74. The first-order valence-electron chi connectivity index (χ1n) is 5.07. The third-order valence-electron chi connectivity index (χ3n) is 1.72. The van der Waals surface area contributed by atoms with E-state index in [1.807, 2.05) is 11.6 Å². The topological polar surface area (TPSA) is 115 Å². The second-order valence-electron chi connectivity index (χ2n) is 3.47. The zero-order valence-corrected chi connectivity index (χ0v) is 12.5. The fourth-order valence-electron chi connectivity index (χ4n) is 1.07. The molecule has 1 aromatic rings. The Balaban J connectivity index is 3.28. The molecule has 1 heterocycles. The molecule has 0 aromatic carbocycles. The SMILES string of the molecule is CCCSc1nc(Cl)c([N+](=O)[O-])c(NS(C)(=O)=O)n1. The van der Waals surface area contributed by atoms with E-state index in [1.165, 1.54) is 11.8 Å². The van der Waals surface area contributed by atoms with E-state index in [0.29, 0.717) is 5.75 Å². The predicted molar refractivity (Wildman–Crippen MR) is 73.2 cm³/mol. The third kappa shape index (κ3) is 4.80. The molecule has 1 N–H and O–H groups in total. The van der Waals surface area contributed by atoms with Crippen LogP contribution in [-0.2, 0) is 10.0 Å². The highest BCUT2D eigenvalue weighted by Gasteiger charge is 2.25. The third-order valence-corrected chi connectivity index (χ3v) is 3.60. The van der Waals surface area contributed by atoms with E-state index in [4.69, 9.17) is 11.6 Å². The number of nitrogens with one attached hydrogen (secondary N) is 1. The van der Waals surface area contributed by atoms with Crippen molar-refractivity contribution in [3.05, 3.63) is 15.3 Å². The van der Waals surface area contributed by atoms with Crippen LogP contribution >= 0.6 is 23.4 Å². The molecule has 8 nitrogen and oxygen atoms in total. The van der Waals surface area contributed by atoms with Crippen LogP contribution in [0, 0.1) is 10.1 Å². The smallest absolute Gasteiger partial charge is 0.262 e. The number of rotatable bonds is 6. The van der Waals surface area contributed by atoms with Gasteiger partial charge in [-0.25, -0.2) is 13.4 Å². The molecule has 0 bridgehead atoms. The van der Waals surface area contributed by atoms with Gasteiger partial charge in [0, 0.05) is 5.75 Å². The Morgan fingerprint density at radius 2 is 2.11 bits per heavy atom. The summed E-state index contributed by atoms with van der Waals surface area (Å²) in [5.74, 6) is 0.262. The first kappa shape index (κ1) is 15.9. The number of nitrogens with zero attached hydrogens (tertiary/aromatic N) is 3. The molecular formula is C8H11ClN4O4S2. The monoisotopic (exact) mass is 326 g/mol. The van der Waals surface area contributed by atoms with Crippen LogP contribution in [0.2, 0.25) is 5.15 Å². The minimum absolute atomic E-state index is 0.184. The molecule has 0 spiro atoms. The number of anilines is 1. The maximum Gasteiger partial charge on any atom is 0.349 e. The predicted octanol–water partition coefficient (Wildman–Crippen LogP) is 1.91. The molecule has 0 saturated carbocycles. The average Bonchev–Trinajstić information content (AvgIpc) is 2.22. The first-order valence-corrected chi connectivity index (χ1v) is 8.32. The fraction of sp³-hybridized carbons (Fsp3) is 0.500. The lowest BCUT2D eigenvalue weighted by atomic mass is 10.5. The number of hydrogen-bond acceptors (Lipinski definition) is 7. The highest BCUT2D eigenvalue weighted by Crippen LogP contribution is 2.32. The lowest BCUT2D eigenvalue weighted by molar-refractivity contribution is -0.384. The van der Waals surface area contributed by atoms with Crippen LogP contribution < -0.4 is 4.72 Å². The van der Waals surface area contributed by atoms with Gasteiger partial charge in [0.25, 0.3) is 0 Å². The lowest BCUT2D eigenvalue weighted by Crippen LogP contribution is -2.13. The molecule has 0 aliphatic rings. The molecule has 106 valence electrons. The van der Waals surface area contributed by atoms with Gasteiger partial charge in [0.1, 0.15) is 0 Å². The molecular weight excluding hydrogens is 316 g/mol. The van der Waals surface area contributed by atoms with Crippen molar-refractivity contribution in [3.8, 4) is 0 Å². The van der Waals surface area contributed by atoms with Gasteiger partial charge in [0.15, 0.2) is 5.16 Å². The summed E-state index contributed by atoms with van der Waals surface area (Å²) in [6.07, 6.45) is 1.71. The van der Waals surface area contributed by atoms with Gasteiger partial charge in [-0.05, 0) is 6.42 Å². The Morgan fingerprint density at radius 3 is 2.58 bits per heavy atom. The van der Waals surface area contributed by atoms with Gasteiger partial charge >= 0.3 is 5.69 Å². The van der Waals surface area contributed by atoms with Crippen molar-refractivity contribution in [3.63, 3.8) is 0 Å². The summed E-state index contributed by atoms with van der Waals surface area (Å²) in [4.78, 5) is 17.6. The van der Waals surface area contributed by atoms with Crippen LogP contribution in [-0.4, -0.2) is 35.3 Å². The Hall–Kier alpha value is -1.13. The zero-order chi connectivity index (χ0) is 14.6. The highest BCUT2D eigenvalue weighted by molar-refractivity contribution is 7.99. The van der Waals surface area contributed by atoms with Gasteiger partial charge < -0.3 is 0 Å². The summed E-state index contributed by atoms with van der Waals surface area (Å²) < 4.78 is 24.3. The van der Waals surface area contributed by atoms with Crippen LogP contribution in [0.25, 0.3) is 0 Å². The quantitative estimate of drug-likeness (QED) is 0.279. The Morgan fingerprint density at radius 1 is 1.47 bits per heavy atom. The highest BCUT2D eigenvalue weighted by atomic mass is 35.5. The van der Waals surface area contributed by atoms with Gasteiger partial charge in [-0.3, -0.25) is 14.8 Å². The Labute approximate surface area is 119 Å². The molecule has 0 atom stereocenters. The second kappa shape index (κ2) is 6.35. The molecule has 1 aromatic heterocycles. The van der Waals surface area contributed by atoms with E-state index >= 15 is 0 Å². The van der Waals surface area contributed by atoms with E-state index in [2.05, 4.69) is 9.97 Å². The van der Waals surface area contributed by atoms with Crippen LogP contribution in [0.5, 0.6) is 0 Å². The molecule has 19 heavy (non-hydrogen) atoms. The number of halogens is 1. The van der Waals surface area contributed by atoms with E-state index < -0.39 is 31.6 Å². The summed E-state index contributed by atoms with van der Waals surface area (Å²) in [6.45, 7) is 1.94. The van der Waals surface area contributed by atoms with Crippen molar-refractivity contribution >= 4 is 44.9 Å². The largest absolute Gasteiger partial charge is 0.349 e. The van der Waals surface area contributed by atoms with E-state index in [-0.39, 0.29) is 5.16 Å². The lowest BCUT2D eigenvalue weighted by Gasteiger charge is -2.06. The van der Waals surface area contributed by atoms with Gasteiger partial charge in [-0.1, -0.05) is 30.3 Å². The number of thioether (sulfide) groups is 1. The molecule has 0 aliphatic heterocycles. The molecule has 0 amide bonds. The van der Waals surface area contributed by atoms with Crippen LogP contribution in [0.15, 0.2) is 5.16 Å². The van der Waals surface area contributed by atoms with Crippen molar-refractivity contribution in [2.45, 2.75) is 18.5 Å². The van der Waals surface area contributed by atoms with E-state index in [0.717, 1.165) is 12.7 Å². The number of nitro groups is 1. The summed E-state index contributed by atoms with van der Waals surface area (Å²) >= 11 is 6.93. The zero-order valence-electron chi connectivity index (χ0n) is 10.1. The average molecular weight is 327 g/mol. The fourth-order valence-corrected chi connectivity index (χ4v) is 2.56. The minimum atomic E-state index is -3.70. The molecule has 0 aliphatic carbocycles. The van der Waals surface area contributed by atoms with E-state index in [9.17, 15) is 18.5 Å². The minimum Gasteiger partial charge on any atom is -0.262 e. The van der Waals surface area contributed by atoms with Crippen molar-refractivity contribution in [1.82, 2.24) is 9.97 Å². The van der Waals surface area contributed by atoms with E-state index in [1.54, 1.807) is 0 Å². The molecule has 0 radical (unpaired) electrons. The maximum atomic E-state index is 11.2. The number of aromatic nitrogens is 2. The molecule has 0 fully saturated rings.